The summed E-state index contributed by atoms with van der Waals surface area (Å²) in [6.07, 6.45) is 0. The van der Waals surface area contributed by atoms with Gasteiger partial charge in [0.15, 0.2) is 5.78 Å². The molecule has 0 aliphatic heterocycles. The van der Waals surface area contributed by atoms with Gasteiger partial charge >= 0.3 is 12.0 Å². The Labute approximate surface area is 136 Å². The van der Waals surface area contributed by atoms with E-state index in [0.717, 1.165) is 0 Å². The molecule has 2 amide bonds. The van der Waals surface area contributed by atoms with Gasteiger partial charge in [0.25, 0.3) is 0 Å². The summed E-state index contributed by atoms with van der Waals surface area (Å²) >= 11 is 0. The standard InChI is InChI=1S/C17H16N2O4.2H2/c1-11(20)12-6-5-7-13(10-12)18-17(22)19-15-9-4-3-8-14(15)16(21)23-2;;/h3-10H,1-2H3,(H2,18,19,22);2*1H. The molecule has 0 saturated heterocycles. The van der Waals surface area contributed by atoms with Gasteiger partial charge in [-0.2, -0.15) is 0 Å². The fourth-order valence-electron chi connectivity index (χ4n) is 1.98. The lowest BCUT2D eigenvalue weighted by Gasteiger charge is -2.11. The predicted octanol–water partition coefficient (Wildman–Crippen LogP) is 3.81. The van der Waals surface area contributed by atoms with Crippen LogP contribution in [0.1, 0.15) is 30.5 Å². The van der Waals surface area contributed by atoms with Crippen LogP contribution in [-0.2, 0) is 4.74 Å². The molecular weight excluding hydrogens is 296 g/mol. The molecule has 23 heavy (non-hydrogen) atoms. The van der Waals surface area contributed by atoms with Gasteiger partial charge < -0.3 is 15.4 Å². The van der Waals surface area contributed by atoms with E-state index in [9.17, 15) is 14.4 Å². The lowest BCUT2D eigenvalue weighted by Crippen LogP contribution is -2.21. The highest BCUT2D eigenvalue weighted by atomic mass is 16.5. The van der Waals surface area contributed by atoms with Crippen LogP contribution in [0.4, 0.5) is 16.2 Å². The highest BCUT2D eigenvalue weighted by Crippen LogP contribution is 2.17. The Balaban J connectivity index is 0.00000288. The number of urea groups is 1. The van der Waals surface area contributed by atoms with E-state index in [1.54, 1.807) is 48.5 Å². The molecule has 0 spiro atoms. The fourth-order valence-corrected chi connectivity index (χ4v) is 1.98. The van der Waals surface area contributed by atoms with Crippen molar-refractivity contribution in [2.24, 2.45) is 0 Å². The molecule has 0 aliphatic rings. The summed E-state index contributed by atoms with van der Waals surface area (Å²) in [7, 11) is 1.27. The molecule has 6 nitrogen and oxygen atoms in total. The second-order valence-corrected chi connectivity index (χ2v) is 4.75. The number of hydrogen-bond donors (Lipinski definition) is 2. The number of carbonyl (C=O) groups excluding carboxylic acids is 3. The average molecular weight is 316 g/mol. The molecule has 0 saturated carbocycles. The number of amides is 2. The quantitative estimate of drug-likeness (QED) is 0.663. The Morgan fingerprint density at radius 2 is 1.74 bits per heavy atom. The van der Waals surface area contributed by atoms with Gasteiger partial charge in [-0.25, -0.2) is 9.59 Å². The van der Waals surface area contributed by atoms with Crippen molar-refractivity contribution in [2.75, 3.05) is 17.7 Å². The van der Waals surface area contributed by atoms with E-state index in [1.165, 1.54) is 14.0 Å². The zero-order valence-electron chi connectivity index (χ0n) is 12.8. The van der Waals surface area contributed by atoms with E-state index in [0.29, 0.717) is 16.9 Å². The van der Waals surface area contributed by atoms with Crippen molar-refractivity contribution >= 4 is 29.2 Å². The van der Waals surface area contributed by atoms with Crippen molar-refractivity contribution in [3.63, 3.8) is 0 Å². The van der Waals surface area contributed by atoms with E-state index in [4.69, 9.17) is 0 Å². The smallest absolute Gasteiger partial charge is 0.339 e. The summed E-state index contributed by atoms with van der Waals surface area (Å²) in [6, 6.07) is 12.6. The van der Waals surface area contributed by atoms with Crippen LogP contribution >= 0.6 is 0 Å². The number of ether oxygens (including phenoxy) is 1. The summed E-state index contributed by atoms with van der Waals surface area (Å²) in [5, 5.41) is 5.20. The number of rotatable bonds is 4. The summed E-state index contributed by atoms with van der Waals surface area (Å²) in [5.41, 5.74) is 1.56. The monoisotopic (exact) mass is 316 g/mol. The number of methoxy groups -OCH3 is 1. The number of esters is 1. The van der Waals surface area contributed by atoms with E-state index in [2.05, 4.69) is 15.4 Å². The molecule has 0 aliphatic carbocycles. The normalized spacial score (nSPS) is 9.83. The minimum absolute atomic E-state index is 0. The Bertz CT molecular complexity index is 766. The Hall–Kier alpha value is -3.15. The van der Waals surface area contributed by atoms with Gasteiger partial charge in [0.2, 0.25) is 0 Å². The van der Waals surface area contributed by atoms with Gasteiger partial charge in [0.05, 0.1) is 18.4 Å². The lowest BCUT2D eigenvalue weighted by molar-refractivity contribution is 0.0601. The van der Waals surface area contributed by atoms with E-state index < -0.39 is 12.0 Å². The van der Waals surface area contributed by atoms with E-state index in [-0.39, 0.29) is 14.2 Å². The molecule has 2 aromatic carbocycles. The maximum Gasteiger partial charge on any atom is 0.339 e. The van der Waals surface area contributed by atoms with Crippen molar-refractivity contribution in [3.8, 4) is 0 Å². The van der Waals surface area contributed by atoms with Crippen LogP contribution in [0.25, 0.3) is 0 Å². The Morgan fingerprint density at radius 3 is 2.43 bits per heavy atom. The van der Waals surface area contributed by atoms with Gasteiger partial charge in [-0.05, 0) is 31.2 Å². The van der Waals surface area contributed by atoms with Gasteiger partial charge in [-0.1, -0.05) is 24.3 Å². The third kappa shape index (κ3) is 4.16. The predicted molar refractivity (Wildman–Crippen MR) is 91.1 cm³/mol. The third-order valence-electron chi connectivity index (χ3n) is 3.11. The number of benzene rings is 2. The Kier molecular flexibility index (Phi) is 5.09. The topological polar surface area (TPSA) is 84.5 Å². The molecule has 0 bridgehead atoms. The third-order valence-corrected chi connectivity index (χ3v) is 3.11. The first-order valence-corrected chi connectivity index (χ1v) is 6.87. The van der Waals surface area contributed by atoms with Crippen LogP contribution in [-0.4, -0.2) is 24.9 Å². The highest BCUT2D eigenvalue weighted by molar-refractivity contribution is 6.05. The number of carbonyl (C=O) groups is 3. The molecule has 2 aromatic rings. The van der Waals surface area contributed by atoms with Crippen molar-refractivity contribution in [2.45, 2.75) is 6.92 Å². The van der Waals surface area contributed by atoms with Crippen molar-refractivity contribution in [1.82, 2.24) is 0 Å². The first kappa shape index (κ1) is 16.2. The molecule has 2 rings (SSSR count). The van der Waals surface area contributed by atoms with Crippen LogP contribution in [0, 0.1) is 0 Å². The number of nitrogens with one attached hydrogen (secondary N) is 2. The van der Waals surface area contributed by atoms with Crippen molar-refractivity contribution in [1.29, 1.82) is 0 Å². The molecular formula is C17H20N2O4. The van der Waals surface area contributed by atoms with Crippen molar-refractivity contribution < 1.29 is 22.0 Å². The maximum absolute atomic E-state index is 12.1. The Morgan fingerprint density at radius 1 is 1.00 bits per heavy atom. The van der Waals surface area contributed by atoms with Crippen molar-refractivity contribution in [3.05, 3.63) is 59.7 Å². The van der Waals surface area contributed by atoms with Gasteiger partial charge in [-0.3, -0.25) is 4.79 Å². The highest BCUT2D eigenvalue weighted by Gasteiger charge is 2.13. The molecule has 0 atom stereocenters. The lowest BCUT2D eigenvalue weighted by atomic mass is 10.1. The number of anilines is 2. The van der Waals surface area contributed by atoms with Crippen LogP contribution in [0.3, 0.4) is 0 Å². The minimum Gasteiger partial charge on any atom is -0.465 e. The first-order chi connectivity index (χ1) is 11.0. The molecule has 0 radical (unpaired) electrons. The van der Waals surface area contributed by atoms with Crippen LogP contribution in [0.15, 0.2) is 48.5 Å². The molecule has 2 N–H and O–H groups in total. The number of hydrogen-bond acceptors (Lipinski definition) is 4. The number of para-hydroxylation sites is 1. The van der Waals surface area contributed by atoms with E-state index >= 15 is 0 Å². The summed E-state index contributed by atoms with van der Waals surface area (Å²) in [6.45, 7) is 1.45. The molecule has 0 heterocycles. The molecule has 0 unspecified atom stereocenters. The second-order valence-electron chi connectivity index (χ2n) is 4.75. The van der Waals surface area contributed by atoms with Crippen LogP contribution in [0.2, 0.25) is 0 Å². The molecule has 0 aromatic heterocycles. The first-order valence-electron chi connectivity index (χ1n) is 6.87. The maximum atomic E-state index is 12.1. The van der Waals surface area contributed by atoms with Gasteiger partial charge in [0.1, 0.15) is 0 Å². The fraction of sp³-hybridized carbons (Fsp3) is 0.118. The van der Waals surface area contributed by atoms with Crippen LogP contribution in [0.5, 0.6) is 0 Å². The second kappa shape index (κ2) is 7.22. The summed E-state index contributed by atoms with van der Waals surface area (Å²) in [4.78, 5) is 35.1. The summed E-state index contributed by atoms with van der Waals surface area (Å²) in [5.74, 6) is -0.635. The van der Waals surface area contributed by atoms with Gasteiger partial charge in [0, 0.05) is 14.1 Å². The molecule has 0 fully saturated rings. The summed E-state index contributed by atoms with van der Waals surface area (Å²) < 4.78 is 4.67. The average Bonchev–Trinajstić information content (AvgIpc) is 2.54. The zero-order valence-corrected chi connectivity index (χ0v) is 12.8. The van der Waals surface area contributed by atoms with Crippen LogP contribution < -0.4 is 10.6 Å². The van der Waals surface area contributed by atoms with Gasteiger partial charge in [-0.15, -0.1) is 0 Å². The molecule has 6 heteroatoms. The molecule has 122 valence electrons. The SMILES string of the molecule is COC(=O)c1ccccc1NC(=O)Nc1cccc(C(C)=O)c1.[HH].[HH]. The number of ketones is 1. The largest absolute Gasteiger partial charge is 0.465 e. The zero-order chi connectivity index (χ0) is 16.8. The van der Waals surface area contributed by atoms with E-state index in [1.807, 2.05) is 0 Å². The number of Topliss-reactive ketones (excluding diaryl/α,β-unsaturated/α-hetero) is 1. The minimum atomic E-state index is -0.542.